The van der Waals surface area contributed by atoms with E-state index < -0.39 is 16.0 Å². The first-order valence-corrected chi connectivity index (χ1v) is 11.0. The van der Waals surface area contributed by atoms with Crippen molar-refractivity contribution in [1.29, 1.82) is 0 Å². The lowest BCUT2D eigenvalue weighted by molar-refractivity contribution is 0.0946. The highest BCUT2D eigenvalue weighted by atomic mass is 32.2. The van der Waals surface area contributed by atoms with Gasteiger partial charge in [-0.1, -0.05) is 24.3 Å². The zero-order chi connectivity index (χ0) is 22.3. The van der Waals surface area contributed by atoms with E-state index in [9.17, 15) is 17.6 Å². The van der Waals surface area contributed by atoms with Crippen molar-refractivity contribution in [3.63, 3.8) is 0 Å². The maximum atomic E-state index is 14.6. The van der Waals surface area contributed by atoms with Gasteiger partial charge >= 0.3 is 0 Å². The van der Waals surface area contributed by atoms with Gasteiger partial charge in [-0.15, -0.1) is 0 Å². The van der Waals surface area contributed by atoms with Crippen LogP contribution in [0.5, 0.6) is 0 Å². The van der Waals surface area contributed by atoms with Crippen molar-refractivity contribution in [2.24, 2.45) is 0 Å². The van der Waals surface area contributed by atoms with Crippen LogP contribution in [0.15, 0.2) is 53.4 Å². The molecule has 7 nitrogen and oxygen atoms in total. The Morgan fingerprint density at radius 3 is 2.35 bits per heavy atom. The van der Waals surface area contributed by atoms with Crippen LogP contribution in [0.2, 0.25) is 0 Å². The Morgan fingerprint density at radius 1 is 1.00 bits per heavy atom. The number of nitrogen functional groups attached to an aromatic ring is 1. The largest absolute Gasteiger partial charge is 0.383 e. The molecule has 0 saturated heterocycles. The Hall–Kier alpha value is -3.30. The van der Waals surface area contributed by atoms with Crippen molar-refractivity contribution in [3.05, 3.63) is 65.6 Å². The number of nitrogens with two attached hydrogens (primary N) is 1. The molecule has 1 aliphatic rings. The van der Waals surface area contributed by atoms with Gasteiger partial charge in [0.15, 0.2) is 0 Å². The van der Waals surface area contributed by atoms with Gasteiger partial charge in [0.2, 0.25) is 16.0 Å². The molecule has 1 aromatic heterocycles. The van der Waals surface area contributed by atoms with Crippen LogP contribution in [0.25, 0.3) is 22.3 Å². The van der Waals surface area contributed by atoms with Gasteiger partial charge in [-0.25, -0.2) is 17.7 Å². The van der Waals surface area contributed by atoms with E-state index in [1.54, 1.807) is 18.2 Å². The molecule has 2 aromatic carbocycles. The second kappa shape index (κ2) is 7.75. The number of halogens is 1. The Labute approximate surface area is 179 Å². The number of sulfonamides is 1. The molecule has 0 bridgehead atoms. The van der Waals surface area contributed by atoms with E-state index in [-0.39, 0.29) is 22.2 Å². The predicted octanol–water partition coefficient (Wildman–Crippen LogP) is 2.67. The number of hydrogen-bond acceptors (Lipinski definition) is 5. The molecule has 3 aromatic rings. The van der Waals surface area contributed by atoms with Crippen LogP contribution in [-0.2, 0) is 16.4 Å². The summed E-state index contributed by atoms with van der Waals surface area (Å²) in [6.45, 7) is 0.555. The second-order valence-corrected chi connectivity index (χ2v) is 9.60. The Kier molecular flexibility index (Phi) is 5.24. The molecule has 0 unspecified atom stereocenters. The number of hydrogen-bond donors (Lipinski definition) is 2. The highest BCUT2D eigenvalue weighted by Gasteiger charge is 2.20. The minimum Gasteiger partial charge on any atom is -0.383 e. The van der Waals surface area contributed by atoms with E-state index in [4.69, 9.17) is 5.73 Å². The third kappa shape index (κ3) is 3.77. The number of aromatic nitrogens is 1. The number of carbonyl (C=O) groups excluding carboxylic acids is 1. The Balaban J connectivity index is 1.77. The van der Waals surface area contributed by atoms with Crippen LogP contribution in [0.3, 0.4) is 0 Å². The normalized spacial score (nSPS) is 13.7. The van der Waals surface area contributed by atoms with Crippen LogP contribution >= 0.6 is 0 Å². The minimum atomic E-state index is -3.59. The first-order valence-electron chi connectivity index (χ1n) is 9.59. The molecular formula is C22H21FN4O3S. The molecule has 160 valence electrons. The summed E-state index contributed by atoms with van der Waals surface area (Å²) in [4.78, 5) is 15.9. The molecule has 9 heteroatoms. The van der Waals surface area contributed by atoms with Gasteiger partial charge < -0.3 is 11.1 Å². The van der Waals surface area contributed by atoms with Crippen molar-refractivity contribution in [3.8, 4) is 22.3 Å². The SMILES string of the molecule is CN(C)S(=O)(=O)c1ccc(-c2cc(-c3ccc4c(c3)CCNC4=O)c(N)nc2F)cc1. The minimum absolute atomic E-state index is 0.0354. The van der Waals surface area contributed by atoms with Crippen molar-refractivity contribution in [2.75, 3.05) is 26.4 Å². The number of nitrogens with one attached hydrogen (secondary N) is 1. The van der Waals surface area contributed by atoms with Crippen LogP contribution in [0.1, 0.15) is 15.9 Å². The Morgan fingerprint density at radius 2 is 1.68 bits per heavy atom. The van der Waals surface area contributed by atoms with Crippen LogP contribution in [-0.4, -0.2) is 44.3 Å². The Bertz CT molecular complexity index is 1290. The molecule has 0 atom stereocenters. The predicted molar refractivity (Wildman–Crippen MR) is 116 cm³/mol. The quantitative estimate of drug-likeness (QED) is 0.607. The van der Waals surface area contributed by atoms with Crippen molar-refractivity contribution in [1.82, 2.24) is 14.6 Å². The van der Waals surface area contributed by atoms with Gasteiger partial charge in [-0.2, -0.15) is 4.39 Å². The van der Waals surface area contributed by atoms with E-state index in [0.29, 0.717) is 29.7 Å². The molecule has 1 amide bonds. The third-order valence-corrected chi connectivity index (χ3v) is 7.12. The van der Waals surface area contributed by atoms with Crippen LogP contribution in [0, 0.1) is 5.95 Å². The van der Waals surface area contributed by atoms with E-state index in [0.717, 1.165) is 15.4 Å². The summed E-state index contributed by atoms with van der Waals surface area (Å²) in [5.41, 5.74) is 9.45. The van der Waals surface area contributed by atoms with Crippen LogP contribution < -0.4 is 11.1 Å². The van der Waals surface area contributed by atoms with Gasteiger partial charge in [-0.05, 0) is 47.4 Å². The molecule has 0 radical (unpaired) electrons. The zero-order valence-electron chi connectivity index (χ0n) is 17.0. The molecule has 0 saturated carbocycles. The number of carbonyl (C=O) groups is 1. The van der Waals surface area contributed by atoms with E-state index in [1.807, 2.05) is 6.07 Å². The van der Waals surface area contributed by atoms with Crippen molar-refractivity contribution < 1.29 is 17.6 Å². The van der Waals surface area contributed by atoms with Gasteiger partial charge in [0.05, 0.1) is 4.90 Å². The molecule has 0 aliphatic carbocycles. The monoisotopic (exact) mass is 440 g/mol. The van der Waals surface area contributed by atoms with Crippen LogP contribution in [0.4, 0.5) is 10.2 Å². The lowest BCUT2D eigenvalue weighted by Gasteiger charge is -2.18. The number of pyridine rings is 1. The van der Waals surface area contributed by atoms with Gasteiger partial charge in [0.25, 0.3) is 5.91 Å². The highest BCUT2D eigenvalue weighted by Crippen LogP contribution is 2.33. The number of rotatable bonds is 4. The van der Waals surface area contributed by atoms with Gasteiger partial charge in [0, 0.05) is 37.3 Å². The molecule has 2 heterocycles. The highest BCUT2D eigenvalue weighted by molar-refractivity contribution is 7.89. The molecular weight excluding hydrogens is 419 g/mol. The fourth-order valence-corrected chi connectivity index (χ4v) is 4.45. The maximum Gasteiger partial charge on any atom is 0.251 e. The molecule has 31 heavy (non-hydrogen) atoms. The number of benzene rings is 2. The summed E-state index contributed by atoms with van der Waals surface area (Å²) < 4.78 is 40.3. The van der Waals surface area contributed by atoms with E-state index >= 15 is 0 Å². The van der Waals surface area contributed by atoms with E-state index in [1.165, 1.54) is 38.4 Å². The third-order valence-electron chi connectivity index (χ3n) is 5.29. The molecule has 0 fully saturated rings. The number of nitrogens with zero attached hydrogens (tertiary/aromatic N) is 2. The number of fused-ring (bicyclic) bond motifs is 1. The van der Waals surface area contributed by atoms with Crippen molar-refractivity contribution >= 4 is 21.7 Å². The first-order chi connectivity index (χ1) is 14.7. The smallest absolute Gasteiger partial charge is 0.251 e. The maximum absolute atomic E-state index is 14.6. The lowest BCUT2D eigenvalue weighted by atomic mass is 9.94. The average molecular weight is 441 g/mol. The summed E-state index contributed by atoms with van der Waals surface area (Å²) in [5, 5.41) is 2.80. The first kappa shape index (κ1) is 21.0. The number of anilines is 1. The molecule has 1 aliphatic heterocycles. The molecule has 4 rings (SSSR count). The average Bonchev–Trinajstić information content (AvgIpc) is 2.74. The summed E-state index contributed by atoms with van der Waals surface area (Å²) >= 11 is 0. The summed E-state index contributed by atoms with van der Waals surface area (Å²) in [7, 11) is -0.694. The second-order valence-electron chi connectivity index (χ2n) is 7.45. The lowest BCUT2D eigenvalue weighted by Crippen LogP contribution is -2.31. The summed E-state index contributed by atoms with van der Waals surface area (Å²) in [5.74, 6) is -0.832. The summed E-state index contributed by atoms with van der Waals surface area (Å²) in [6, 6.07) is 12.9. The van der Waals surface area contributed by atoms with Crippen molar-refractivity contribution in [2.45, 2.75) is 11.3 Å². The fourth-order valence-electron chi connectivity index (χ4n) is 3.55. The summed E-state index contributed by atoms with van der Waals surface area (Å²) in [6.07, 6.45) is 0.693. The molecule has 0 spiro atoms. The zero-order valence-corrected chi connectivity index (χ0v) is 17.8. The fraction of sp³-hybridized carbons (Fsp3) is 0.182. The topological polar surface area (TPSA) is 105 Å². The number of amides is 1. The van der Waals surface area contributed by atoms with Gasteiger partial charge in [0.1, 0.15) is 5.82 Å². The molecule has 3 N–H and O–H groups in total. The standard InChI is InChI=1S/C22H21FN4O3S/c1-27(2)31(29,30)16-6-3-13(4-7-16)18-12-19(21(24)26-20(18)23)14-5-8-17-15(11-14)9-10-25-22(17)28/h3-8,11-12H,9-10H2,1-2H3,(H2,24,26)(H,25,28). The van der Waals surface area contributed by atoms with E-state index in [2.05, 4.69) is 10.3 Å². The van der Waals surface area contributed by atoms with Gasteiger partial charge in [-0.3, -0.25) is 4.79 Å².